The van der Waals surface area contributed by atoms with Crippen LogP contribution >= 0.6 is 0 Å². The third kappa shape index (κ3) is 3.32. The maximum atomic E-state index is 8.98. The molecule has 0 fully saturated rings. The van der Waals surface area contributed by atoms with Crippen molar-refractivity contribution in [3.05, 3.63) is 23.4 Å². The molecule has 0 atom stereocenters. The minimum absolute atomic E-state index is 0.0440. The molecular formula is C10H16N2O2. The Bertz CT molecular complexity index is 289. The van der Waals surface area contributed by atoms with Crippen LogP contribution in [-0.2, 0) is 11.3 Å². The Morgan fingerprint density at radius 1 is 1.50 bits per heavy atom. The number of hydrogen-bond acceptors (Lipinski definition) is 4. The van der Waals surface area contributed by atoms with Gasteiger partial charge in [-0.2, -0.15) is 0 Å². The van der Waals surface area contributed by atoms with E-state index < -0.39 is 0 Å². The Morgan fingerprint density at radius 2 is 2.29 bits per heavy atom. The van der Waals surface area contributed by atoms with Crippen molar-refractivity contribution < 1.29 is 9.84 Å². The molecule has 0 unspecified atom stereocenters. The molecule has 2 N–H and O–H groups in total. The van der Waals surface area contributed by atoms with Gasteiger partial charge in [0.1, 0.15) is 5.82 Å². The Hall–Kier alpha value is -1.13. The van der Waals surface area contributed by atoms with E-state index in [-0.39, 0.29) is 6.61 Å². The lowest BCUT2D eigenvalue weighted by Gasteiger charge is -2.07. The summed E-state index contributed by atoms with van der Waals surface area (Å²) in [6.45, 7) is 3.31. The highest BCUT2D eigenvalue weighted by atomic mass is 16.5. The molecule has 1 aromatic rings. The SMILES string of the molecule is COCCNc1cc(CO)cc(C)n1. The molecule has 0 aliphatic heterocycles. The van der Waals surface area contributed by atoms with E-state index in [0.717, 1.165) is 23.6 Å². The van der Waals surface area contributed by atoms with Gasteiger partial charge in [0, 0.05) is 19.3 Å². The van der Waals surface area contributed by atoms with Gasteiger partial charge in [-0.25, -0.2) is 4.98 Å². The van der Waals surface area contributed by atoms with E-state index in [9.17, 15) is 0 Å². The first-order valence-corrected chi connectivity index (χ1v) is 4.57. The molecule has 1 heterocycles. The van der Waals surface area contributed by atoms with Gasteiger partial charge in [0.2, 0.25) is 0 Å². The van der Waals surface area contributed by atoms with Crippen molar-refractivity contribution in [3.8, 4) is 0 Å². The van der Waals surface area contributed by atoms with E-state index in [0.29, 0.717) is 6.61 Å². The van der Waals surface area contributed by atoms with Gasteiger partial charge in [-0.15, -0.1) is 0 Å². The summed E-state index contributed by atoms with van der Waals surface area (Å²) in [6, 6.07) is 3.70. The first kappa shape index (κ1) is 10.9. The van der Waals surface area contributed by atoms with Crippen LogP contribution in [0.3, 0.4) is 0 Å². The van der Waals surface area contributed by atoms with Gasteiger partial charge < -0.3 is 15.2 Å². The third-order valence-corrected chi connectivity index (χ3v) is 1.81. The lowest BCUT2D eigenvalue weighted by molar-refractivity contribution is 0.210. The van der Waals surface area contributed by atoms with Crippen LogP contribution in [0.2, 0.25) is 0 Å². The minimum Gasteiger partial charge on any atom is -0.392 e. The number of methoxy groups -OCH3 is 1. The van der Waals surface area contributed by atoms with Crippen molar-refractivity contribution in [1.29, 1.82) is 0 Å². The topological polar surface area (TPSA) is 54.4 Å². The standard InChI is InChI=1S/C10H16N2O2/c1-8-5-9(7-13)6-10(12-8)11-3-4-14-2/h5-6,13H,3-4,7H2,1-2H3,(H,11,12). The summed E-state index contributed by atoms with van der Waals surface area (Å²) in [5.41, 5.74) is 1.77. The van der Waals surface area contributed by atoms with Crippen molar-refractivity contribution in [3.63, 3.8) is 0 Å². The van der Waals surface area contributed by atoms with Gasteiger partial charge in [-0.1, -0.05) is 0 Å². The molecule has 0 bridgehead atoms. The zero-order chi connectivity index (χ0) is 10.4. The summed E-state index contributed by atoms with van der Waals surface area (Å²) in [6.07, 6.45) is 0. The molecule has 0 amide bonds. The fourth-order valence-electron chi connectivity index (χ4n) is 1.20. The molecule has 0 aromatic carbocycles. The number of nitrogens with zero attached hydrogens (tertiary/aromatic N) is 1. The van der Waals surface area contributed by atoms with Crippen LogP contribution in [0.25, 0.3) is 0 Å². The highest BCUT2D eigenvalue weighted by molar-refractivity contribution is 5.39. The van der Waals surface area contributed by atoms with E-state index in [1.807, 2.05) is 19.1 Å². The average molecular weight is 196 g/mol. The number of aliphatic hydroxyl groups excluding tert-OH is 1. The largest absolute Gasteiger partial charge is 0.392 e. The van der Waals surface area contributed by atoms with E-state index in [4.69, 9.17) is 9.84 Å². The van der Waals surface area contributed by atoms with Crippen molar-refractivity contribution >= 4 is 5.82 Å². The summed E-state index contributed by atoms with van der Waals surface area (Å²) in [7, 11) is 1.66. The Balaban J connectivity index is 2.62. The number of anilines is 1. The number of aliphatic hydroxyl groups is 1. The van der Waals surface area contributed by atoms with Gasteiger partial charge in [-0.3, -0.25) is 0 Å². The lowest BCUT2D eigenvalue weighted by Crippen LogP contribution is -2.09. The molecule has 0 aliphatic rings. The molecule has 1 rings (SSSR count). The molecule has 1 aromatic heterocycles. The van der Waals surface area contributed by atoms with E-state index in [1.165, 1.54) is 0 Å². The second-order valence-electron chi connectivity index (χ2n) is 3.08. The highest BCUT2D eigenvalue weighted by Crippen LogP contribution is 2.09. The molecule has 4 nitrogen and oxygen atoms in total. The molecule has 0 radical (unpaired) electrons. The summed E-state index contributed by atoms with van der Waals surface area (Å²) in [4.78, 5) is 4.28. The number of ether oxygens (including phenoxy) is 1. The van der Waals surface area contributed by atoms with Gasteiger partial charge in [0.05, 0.1) is 13.2 Å². The maximum Gasteiger partial charge on any atom is 0.126 e. The zero-order valence-corrected chi connectivity index (χ0v) is 8.58. The predicted molar refractivity (Wildman–Crippen MR) is 55.3 cm³/mol. The minimum atomic E-state index is 0.0440. The van der Waals surface area contributed by atoms with Gasteiger partial charge in [0.15, 0.2) is 0 Å². The highest BCUT2D eigenvalue weighted by Gasteiger charge is 1.98. The molecule has 0 saturated heterocycles. The van der Waals surface area contributed by atoms with Gasteiger partial charge >= 0.3 is 0 Å². The number of rotatable bonds is 5. The molecule has 0 aliphatic carbocycles. The summed E-state index contributed by atoms with van der Waals surface area (Å²) >= 11 is 0. The van der Waals surface area contributed by atoms with Crippen LogP contribution < -0.4 is 5.32 Å². The van der Waals surface area contributed by atoms with Crippen molar-refractivity contribution in [1.82, 2.24) is 4.98 Å². The number of nitrogens with one attached hydrogen (secondary N) is 1. The van der Waals surface area contributed by atoms with Crippen molar-refractivity contribution in [2.45, 2.75) is 13.5 Å². The lowest BCUT2D eigenvalue weighted by atomic mass is 10.2. The van der Waals surface area contributed by atoms with E-state index in [2.05, 4.69) is 10.3 Å². The Kier molecular flexibility index (Phi) is 4.35. The molecule has 4 heteroatoms. The fourth-order valence-corrected chi connectivity index (χ4v) is 1.20. The molecule has 78 valence electrons. The number of pyridine rings is 1. The van der Waals surface area contributed by atoms with Crippen LogP contribution in [0.1, 0.15) is 11.3 Å². The average Bonchev–Trinajstić information content (AvgIpc) is 2.17. The van der Waals surface area contributed by atoms with E-state index >= 15 is 0 Å². The van der Waals surface area contributed by atoms with Crippen LogP contribution in [0.15, 0.2) is 12.1 Å². The summed E-state index contributed by atoms with van der Waals surface area (Å²) < 4.78 is 4.91. The normalized spacial score (nSPS) is 10.2. The Morgan fingerprint density at radius 3 is 2.93 bits per heavy atom. The number of aromatic nitrogens is 1. The third-order valence-electron chi connectivity index (χ3n) is 1.81. The monoisotopic (exact) mass is 196 g/mol. The van der Waals surface area contributed by atoms with Crippen molar-refractivity contribution in [2.75, 3.05) is 25.6 Å². The second kappa shape index (κ2) is 5.57. The van der Waals surface area contributed by atoms with Crippen LogP contribution in [0.5, 0.6) is 0 Å². The number of aryl methyl sites for hydroxylation is 1. The van der Waals surface area contributed by atoms with Crippen LogP contribution in [-0.4, -0.2) is 30.4 Å². The summed E-state index contributed by atoms with van der Waals surface area (Å²) in [5.74, 6) is 0.783. The van der Waals surface area contributed by atoms with Gasteiger partial charge in [-0.05, 0) is 24.6 Å². The molecule has 0 spiro atoms. The fraction of sp³-hybridized carbons (Fsp3) is 0.500. The predicted octanol–water partition coefficient (Wildman–Crippen LogP) is 0.941. The quantitative estimate of drug-likeness (QED) is 0.688. The smallest absolute Gasteiger partial charge is 0.126 e. The Labute approximate surface area is 83.9 Å². The first-order chi connectivity index (χ1) is 6.76. The van der Waals surface area contributed by atoms with Crippen LogP contribution in [0, 0.1) is 6.92 Å². The maximum absolute atomic E-state index is 8.98. The van der Waals surface area contributed by atoms with E-state index in [1.54, 1.807) is 7.11 Å². The van der Waals surface area contributed by atoms with Crippen molar-refractivity contribution in [2.24, 2.45) is 0 Å². The first-order valence-electron chi connectivity index (χ1n) is 4.57. The zero-order valence-electron chi connectivity index (χ0n) is 8.58. The number of hydrogen-bond donors (Lipinski definition) is 2. The molecule has 14 heavy (non-hydrogen) atoms. The summed E-state index contributed by atoms with van der Waals surface area (Å²) in [5, 5.41) is 12.1. The molecule has 0 saturated carbocycles. The molecular weight excluding hydrogens is 180 g/mol. The van der Waals surface area contributed by atoms with Gasteiger partial charge in [0.25, 0.3) is 0 Å². The second-order valence-corrected chi connectivity index (χ2v) is 3.08. The van der Waals surface area contributed by atoms with Crippen LogP contribution in [0.4, 0.5) is 5.82 Å².